The fraction of sp³-hybridized carbons (Fsp3) is 0.0625. The van der Waals surface area contributed by atoms with E-state index in [1.165, 1.54) is 0 Å². The predicted octanol–water partition coefficient (Wildman–Crippen LogP) is 2.51. The molecule has 0 aliphatic rings. The van der Waals surface area contributed by atoms with Gasteiger partial charge in [-0.05, 0) is 24.3 Å². The average molecular weight is 323 g/mol. The first-order valence-corrected chi connectivity index (χ1v) is 7.95. The molecule has 0 fully saturated rings. The van der Waals surface area contributed by atoms with Crippen LogP contribution in [-0.2, 0) is 6.54 Å². The minimum absolute atomic E-state index is 0.112. The summed E-state index contributed by atoms with van der Waals surface area (Å²) in [6.45, 7) is 0.413. The molecule has 1 aromatic carbocycles. The van der Waals surface area contributed by atoms with Gasteiger partial charge in [-0.25, -0.2) is 9.97 Å². The minimum Gasteiger partial charge on any atom is -0.346 e. The quantitative estimate of drug-likeness (QED) is 0.627. The van der Waals surface area contributed by atoms with Crippen molar-refractivity contribution < 1.29 is 4.79 Å². The van der Waals surface area contributed by atoms with Gasteiger partial charge in [0.05, 0.1) is 18.6 Å². The van der Waals surface area contributed by atoms with Crippen molar-refractivity contribution in [2.45, 2.75) is 6.54 Å². The number of fused-ring (bicyclic) bond motifs is 1. The summed E-state index contributed by atoms with van der Waals surface area (Å²) in [5, 5.41) is 4.87. The average Bonchev–Trinajstić information content (AvgIpc) is 3.29. The van der Waals surface area contributed by atoms with Gasteiger partial charge in [-0.15, -0.1) is 11.3 Å². The first kappa shape index (κ1) is 13.7. The van der Waals surface area contributed by atoms with Gasteiger partial charge in [0.2, 0.25) is 0 Å². The first-order chi connectivity index (χ1) is 11.3. The molecule has 0 atom stereocenters. The number of aromatic nitrogens is 4. The highest BCUT2D eigenvalue weighted by atomic mass is 32.1. The minimum atomic E-state index is -0.112. The summed E-state index contributed by atoms with van der Waals surface area (Å²) in [5.74, 6) is -0.112. The fourth-order valence-corrected chi connectivity index (χ4v) is 3.05. The standard InChI is InChI=1S/C16H13N5OS/c22-15(18-9-13-10-20-7-8-23-16(20)19-13)12-1-3-14(4-2-12)21-6-5-17-11-21/h1-8,10-11H,9H2,(H,18,22). The zero-order chi connectivity index (χ0) is 15.6. The summed E-state index contributed by atoms with van der Waals surface area (Å²) in [6, 6.07) is 7.39. The van der Waals surface area contributed by atoms with Crippen molar-refractivity contribution in [2.75, 3.05) is 0 Å². The normalized spacial score (nSPS) is 11.0. The Morgan fingerprint density at radius 2 is 2.09 bits per heavy atom. The van der Waals surface area contributed by atoms with Gasteiger partial charge in [0.25, 0.3) is 5.91 Å². The highest BCUT2D eigenvalue weighted by molar-refractivity contribution is 7.15. The van der Waals surface area contributed by atoms with Crippen molar-refractivity contribution in [1.29, 1.82) is 0 Å². The molecule has 3 aromatic heterocycles. The summed E-state index contributed by atoms with van der Waals surface area (Å²) < 4.78 is 3.84. The van der Waals surface area contributed by atoms with Gasteiger partial charge >= 0.3 is 0 Å². The smallest absolute Gasteiger partial charge is 0.251 e. The molecule has 4 aromatic rings. The molecule has 0 aliphatic carbocycles. The number of thiazole rings is 1. The number of carbonyl (C=O) groups excluding carboxylic acids is 1. The maximum atomic E-state index is 12.2. The molecule has 0 aliphatic heterocycles. The van der Waals surface area contributed by atoms with Gasteiger partial charge in [0.1, 0.15) is 0 Å². The van der Waals surface area contributed by atoms with Crippen molar-refractivity contribution in [3.05, 3.63) is 72.0 Å². The lowest BCUT2D eigenvalue weighted by Gasteiger charge is -2.05. The summed E-state index contributed by atoms with van der Waals surface area (Å²) in [5.41, 5.74) is 2.43. The summed E-state index contributed by atoms with van der Waals surface area (Å²) in [4.78, 5) is 21.6. The second kappa shape index (κ2) is 5.69. The van der Waals surface area contributed by atoms with E-state index in [1.54, 1.807) is 36.0 Å². The van der Waals surface area contributed by atoms with Crippen LogP contribution in [0.25, 0.3) is 10.6 Å². The molecule has 3 heterocycles. The Hall–Kier alpha value is -2.93. The van der Waals surface area contributed by atoms with E-state index in [2.05, 4.69) is 15.3 Å². The Morgan fingerprint density at radius 1 is 1.22 bits per heavy atom. The van der Waals surface area contributed by atoms with Crippen LogP contribution in [0.3, 0.4) is 0 Å². The Morgan fingerprint density at radius 3 is 2.83 bits per heavy atom. The maximum Gasteiger partial charge on any atom is 0.251 e. The predicted molar refractivity (Wildman–Crippen MR) is 87.8 cm³/mol. The Kier molecular flexibility index (Phi) is 3.39. The van der Waals surface area contributed by atoms with Crippen molar-refractivity contribution >= 4 is 22.2 Å². The third-order valence-corrected chi connectivity index (χ3v) is 4.28. The molecule has 1 amide bonds. The summed E-state index contributed by atoms with van der Waals surface area (Å²) >= 11 is 1.57. The van der Waals surface area contributed by atoms with Gasteiger partial charge < -0.3 is 9.88 Å². The van der Waals surface area contributed by atoms with E-state index >= 15 is 0 Å². The largest absolute Gasteiger partial charge is 0.346 e. The number of hydrogen-bond acceptors (Lipinski definition) is 4. The lowest BCUT2D eigenvalue weighted by atomic mass is 10.2. The molecular formula is C16H13N5OS. The maximum absolute atomic E-state index is 12.2. The number of hydrogen-bond donors (Lipinski definition) is 1. The van der Waals surface area contributed by atoms with E-state index in [4.69, 9.17) is 0 Å². The topological polar surface area (TPSA) is 64.2 Å². The number of nitrogens with one attached hydrogen (secondary N) is 1. The van der Waals surface area contributed by atoms with E-state index in [0.717, 1.165) is 16.3 Å². The molecule has 0 radical (unpaired) electrons. The van der Waals surface area contributed by atoms with Crippen LogP contribution in [0, 0.1) is 0 Å². The number of nitrogens with zero attached hydrogens (tertiary/aromatic N) is 4. The summed E-state index contributed by atoms with van der Waals surface area (Å²) in [7, 11) is 0. The first-order valence-electron chi connectivity index (χ1n) is 7.07. The van der Waals surface area contributed by atoms with Crippen LogP contribution in [-0.4, -0.2) is 24.8 Å². The van der Waals surface area contributed by atoms with Crippen LogP contribution in [0.5, 0.6) is 0 Å². The van der Waals surface area contributed by atoms with Gasteiger partial charge in [0, 0.05) is 41.4 Å². The SMILES string of the molecule is O=C(NCc1cn2ccsc2n1)c1ccc(-n2ccnc2)cc1. The van der Waals surface area contributed by atoms with Crippen LogP contribution in [0.2, 0.25) is 0 Å². The van der Waals surface area contributed by atoms with E-state index < -0.39 is 0 Å². The number of imidazole rings is 2. The van der Waals surface area contributed by atoms with E-state index in [0.29, 0.717) is 12.1 Å². The lowest BCUT2D eigenvalue weighted by Crippen LogP contribution is -2.22. The number of benzene rings is 1. The van der Waals surface area contributed by atoms with Gasteiger partial charge in [0.15, 0.2) is 4.96 Å². The Balaban J connectivity index is 1.43. The van der Waals surface area contributed by atoms with Gasteiger partial charge in [-0.3, -0.25) is 9.20 Å². The highest BCUT2D eigenvalue weighted by Gasteiger charge is 2.08. The molecule has 0 unspecified atom stereocenters. The van der Waals surface area contributed by atoms with Gasteiger partial charge in [-0.1, -0.05) is 0 Å². The summed E-state index contributed by atoms with van der Waals surface area (Å²) in [6.07, 6.45) is 9.18. The molecule has 6 nitrogen and oxygen atoms in total. The molecule has 23 heavy (non-hydrogen) atoms. The molecule has 0 saturated heterocycles. The molecule has 0 saturated carbocycles. The molecule has 7 heteroatoms. The number of rotatable bonds is 4. The van der Waals surface area contributed by atoms with Crippen molar-refractivity contribution in [3.8, 4) is 5.69 Å². The van der Waals surface area contributed by atoms with Crippen LogP contribution >= 0.6 is 11.3 Å². The number of amides is 1. The van der Waals surface area contributed by atoms with E-state index in [-0.39, 0.29) is 5.91 Å². The molecule has 0 bridgehead atoms. The van der Waals surface area contributed by atoms with Crippen molar-refractivity contribution in [2.24, 2.45) is 0 Å². The van der Waals surface area contributed by atoms with Crippen LogP contribution in [0.1, 0.15) is 16.1 Å². The van der Waals surface area contributed by atoms with E-state index in [9.17, 15) is 4.79 Å². The van der Waals surface area contributed by atoms with Crippen LogP contribution in [0.15, 0.2) is 60.8 Å². The fourth-order valence-electron chi connectivity index (χ4n) is 2.33. The van der Waals surface area contributed by atoms with Gasteiger partial charge in [-0.2, -0.15) is 0 Å². The number of carbonyl (C=O) groups is 1. The highest BCUT2D eigenvalue weighted by Crippen LogP contribution is 2.12. The lowest BCUT2D eigenvalue weighted by molar-refractivity contribution is 0.0950. The molecule has 4 rings (SSSR count). The molecular weight excluding hydrogens is 310 g/mol. The monoisotopic (exact) mass is 323 g/mol. The Labute approximate surface area is 136 Å². The van der Waals surface area contributed by atoms with E-state index in [1.807, 2.05) is 45.1 Å². The van der Waals surface area contributed by atoms with Crippen molar-refractivity contribution in [1.82, 2.24) is 24.3 Å². The third kappa shape index (κ3) is 2.74. The molecule has 1 N–H and O–H groups in total. The van der Waals surface area contributed by atoms with Crippen LogP contribution in [0.4, 0.5) is 0 Å². The molecule has 114 valence electrons. The Bertz CT molecular complexity index is 908. The third-order valence-electron chi connectivity index (χ3n) is 3.51. The van der Waals surface area contributed by atoms with Crippen molar-refractivity contribution in [3.63, 3.8) is 0 Å². The second-order valence-electron chi connectivity index (χ2n) is 5.02. The zero-order valence-corrected chi connectivity index (χ0v) is 12.9. The zero-order valence-electron chi connectivity index (χ0n) is 12.1. The molecule has 0 spiro atoms. The van der Waals surface area contributed by atoms with Crippen LogP contribution < -0.4 is 5.32 Å². The second-order valence-corrected chi connectivity index (χ2v) is 5.90.